The van der Waals surface area contributed by atoms with Crippen molar-refractivity contribution in [3.8, 4) is 0 Å². The second kappa shape index (κ2) is 7.05. The van der Waals surface area contributed by atoms with E-state index in [1.807, 2.05) is 11.8 Å². The Kier molecular flexibility index (Phi) is 5.39. The molecule has 1 nitrogen and oxygen atoms in total. The average molecular weight is 324 g/mol. The summed E-state index contributed by atoms with van der Waals surface area (Å²) in [6.07, 6.45) is 4.67. The first-order valence-corrected chi connectivity index (χ1v) is 8.41. The summed E-state index contributed by atoms with van der Waals surface area (Å²) in [4.78, 5) is 0. The summed E-state index contributed by atoms with van der Waals surface area (Å²) in [5, 5.41) is 6.10. The lowest BCUT2D eigenvalue weighted by atomic mass is 10.1. The standard InChI is InChI=1S/C15H18BrNS/c1-18-11-5-4-10-17-15-9-8-14(16)12-6-2-3-7-13(12)15/h2-3,6-9,17H,4-5,10-11H2,1H3. The molecule has 0 fully saturated rings. The number of hydrogen-bond donors (Lipinski definition) is 1. The topological polar surface area (TPSA) is 12.0 Å². The minimum atomic E-state index is 1.05. The average Bonchev–Trinajstić information content (AvgIpc) is 2.41. The Morgan fingerprint density at radius 2 is 1.83 bits per heavy atom. The molecule has 0 atom stereocenters. The van der Waals surface area contributed by atoms with E-state index in [2.05, 4.69) is 63.9 Å². The van der Waals surface area contributed by atoms with E-state index in [-0.39, 0.29) is 0 Å². The lowest BCUT2D eigenvalue weighted by Crippen LogP contribution is -2.02. The third kappa shape index (κ3) is 3.42. The first-order valence-electron chi connectivity index (χ1n) is 6.23. The summed E-state index contributed by atoms with van der Waals surface area (Å²) < 4.78 is 1.16. The van der Waals surface area contributed by atoms with Gasteiger partial charge in [-0.2, -0.15) is 11.8 Å². The SMILES string of the molecule is CSCCCCNc1ccc(Br)c2ccccc12. The van der Waals surface area contributed by atoms with Gasteiger partial charge in [-0.15, -0.1) is 0 Å². The quantitative estimate of drug-likeness (QED) is 0.737. The first-order chi connectivity index (χ1) is 8.83. The summed E-state index contributed by atoms with van der Waals surface area (Å²) in [5.41, 5.74) is 1.23. The Morgan fingerprint density at radius 1 is 1.06 bits per heavy atom. The first kappa shape index (κ1) is 13.8. The maximum atomic E-state index is 3.60. The molecule has 1 N–H and O–H groups in total. The van der Waals surface area contributed by atoms with Gasteiger partial charge in [-0.05, 0) is 42.4 Å². The maximum absolute atomic E-state index is 3.60. The van der Waals surface area contributed by atoms with E-state index in [9.17, 15) is 0 Å². The molecule has 0 radical (unpaired) electrons. The molecule has 18 heavy (non-hydrogen) atoms. The summed E-state index contributed by atoms with van der Waals surface area (Å²) in [5.74, 6) is 1.25. The molecule has 96 valence electrons. The van der Waals surface area contributed by atoms with Gasteiger partial charge < -0.3 is 5.32 Å². The Balaban J connectivity index is 2.07. The molecule has 0 aliphatic heterocycles. The van der Waals surface area contributed by atoms with Crippen molar-refractivity contribution in [2.75, 3.05) is 23.9 Å². The molecule has 0 spiro atoms. The molecule has 2 aromatic carbocycles. The van der Waals surface area contributed by atoms with Gasteiger partial charge >= 0.3 is 0 Å². The number of unbranched alkanes of at least 4 members (excludes halogenated alkanes) is 1. The zero-order valence-corrected chi connectivity index (χ0v) is 13.0. The number of anilines is 1. The van der Waals surface area contributed by atoms with Crippen LogP contribution in [-0.2, 0) is 0 Å². The summed E-state index contributed by atoms with van der Waals surface area (Å²) >= 11 is 5.52. The van der Waals surface area contributed by atoms with Gasteiger partial charge in [0.05, 0.1) is 0 Å². The fourth-order valence-electron chi connectivity index (χ4n) is 2.01. The molecule has 0 aliphatic rings. The molecule has 0 saturated heterocycles. The van der Waals surface area contributed by atoms with Gasteiger partial charge in [0, 0.05) is 22.1 Å². The molecule has 0 aliphatic carbocycles. The Labute approximate surface area is 121 Å². The van der Waals surface area contributed by atoms with E-state index in [4.69, 9.17) is 0 Å². The predicted molar refractivity (Wildman–Crippen MR) is 87.8 cm³/mol. The van der Waals surface area contributed by atoms with Gasteiger partial charge in [0.25, 0.3) is 0 Å². The zero-order valence-electron chi connectivity index (χ0n) is 10.6. The van der Waals surface area contributed by atoms with Crippen molar-refractivity contribution in [3.05, 3.63) is 40.9 Å². The highest BCUT2D eigenvalue weighted by molar-refractivity contribution is 9.10. The number of rotatable bonds is 6. The normalized spacial score (nSPS) is 10.8. The van der Waals surface area contributed by atoms with Crippen LogP contribution in [0.4, 0.5) is 5.69 Å². The van der Waals surface area contributed by atoms with Crippen molar-refractivity contribution >= 4 is 44.2 Å². The number of nitrogens with one attached hydrogen (secondary N) is 1. The van der Waals surface area contributed by atoms with Crippen LogP contribution >= 0.6 is 27.7 Å². The number of fused-ring (bicyclic) bond motifs is 1. The highest BCUT2D eigenvalue weighted by Gasteiger charge is 2.02. The molecule has 0 heterocycles. The highest BCUT2D eigenvalue weighted by atomic mass is 79.9. The number of thioether (sulfide) groups is 1. The third-order valence-corrected chi connectivity index (χ3v) is 4.35. The number of benzene rings is 2. The molecule has 0 unspecified atom stereocenters. The van der Waals surface area contributed by atoms with Crippen LogP contribution in [0.25, 0.3) is 10.8 Å². The van der Waals surface area contributed by atoms with E-state index in [1.165, 1.54) is 35.1 Å². The molecule has 2 rings (SSSR count). The van der Waals surface area contributed by atoms with E-state index < -0.39 is 0 Å². The van der Waals surface area contributed by atoms with Gasteiger partial charge in [-0.25, -0.2) is 0 Å². The van der Waals surface area contributed by atoms with Crippen LogP contribution in [0.15, 0.2) is 40.9 Å². The lowest BCUT2D eigenvalue weighted by Gasteiger charge is -2.10. The summed E-state index contributed by atoms with van der Waals surface area (Å²) in [7, 11) is 0. The van der Waals surface area contributed by atoms with Crippen molar-refractivity contribution in [1.82, 2.24) is 0 Å². The van der Waals surface area contributed by atoms with Gasteiger partial charge in [0.15, 0.2) is 0 Å². The van der Waals surface area contributed by atoms with E-state index in [0.29, 0.717) is 0 Å². The predicted octanol–water partition coefficient (Wildman–Crippen LogP) is 5.16. The Morgan fingerprint density at radius 3 is 2.61 bits per heavy atom. The fourth-order valence-corrected chi connectivity index (χ4v) is 2.98. The molecule has 3 heteroatoms. The van der Waals surface area contributed by atoms with Crippen molar-refractivity contribution < 1.29 is 0 Å². The van der Waals surface area contributed by atoms with Crippen molar-refractivity contribution in [1.29, 1.82) is 0 Å². The van der Waals surface area contributed by atoms with Gasteiger partial charge in [-0.1, -0.05) is 40.2 Å². The fraction of sp³-hybridized carbons (Fsp3) is 0.333. The van der Waals surface area contributed by atoms with Crippen molar-refractivity contribution in [2.45, 2.75) is 12.8 Å². The van der Waals surface area contributed by atoms with Crippen molar-refractivity contribution in [3.63, 3.8) is 0 Å². The van der Waals surface area contributed by atoms with Crippen LogP contribution in [0.2, 0.25) is 0 Å². The van der Waals surface area contributed by atoms with Crippen LogP contribution in [-0.4, -0.2) is 18.6 Å². The lowest BCUT2D eigenvalue weighted by molar-refractivity contribution is 0.844. The molecular formula is C15H18BrNS. The van der Waals surface area contributed by atoms with E-state index in [0.717, 1.165) is 11.0 Å². The smallest absolute Gasteiger partial charge is 0.0420 e. The molecule has 0 aromatic heterocycles. The van der Waals surface area contributed by atoms with Crippen LogP contribution in [0.1, 0.15) is 12.8 Å². The minimum absolute atomic E-state index is 1.05. The Bertz CT molecular complexity index is 513. The van der Waals surface area contributed by atoms with Crippen LogP contribution in [0, 0.1) is 0 Å². The van der Waals surface area contributed by atoms with Crippen LogP contribution in [0.5, 0.6) is 0 Å². The van der Waals surface area contributed by atoms with Crippen LogP contribution in [0.3, 0.4) is 0 Å². The molecule has 0 saturated carbocycles. The minimum Gasteiger partial charge on any atom is -0.385 e. The second-order valence-corrected chi connectivity index (χ2v) is 6.11. The highest BCUT2D eigenvalue weighted by Crippen LogP contribution is 2.29. The van der Waals surface area contributed by atoms with Gasteiger partial charge in [0.2, 0.25) is 0 Å². The molecular weight excluding hydrogens is 306 g/mol. The van der Waals surface area contributed by atoms with Crippen molar-refractivity contribution in [2.24, 2.45) is 0 Å². The zero-order chi connectivity index (χ0) is 12.8. The third-order valence-electron chi connectivity index (χ3n) is 2.96. The maximum Gasteiger partial charge on any atom is 0.0420 e. The summed E-state index contributed by atoms with van der Waals surface area (Å²) in [6, 6.07) is 12.8. The van der Waals surface area contributed by atoms with Gasteiger partial charge in [0.1, 0.15) is 0 Å². The molecule has 2 aromatic rings. The van der Waals surface area contributed by atoms with E-state index in [1.54, 1.807) is 0 Å². The van der Waals surface area contributed by atoms with E-state index >= 15 is 0 Å². The second-order valence-electron chi connectivity index (χ2n) is 4.27. The monoisotopic (exact) mass is 323 g/mol. The Hall–Kier alpha value is -0.670. The molecule has 0 amide bonds. The number of hydrogen-bond acceptors (Lipinski definition) is 2. The van der Waals surface area contributed by atoms with Crippen LogP contribution < -0.4 is 5.32 Å². The van der Waals surface area contributed by atoms with Gasteiger partial charge in [-0.3, -0.25) is 0 Å². The molecule has 0 bridgehead atoms. The largest absolute Gasteiger partial charge is 0.385 e. The number of halogens is 1. The summed E-state index contributed by atoms with van der Waals surface area (Å²) in [6.45, 7) is 1.05.